The maximum Gasteiger partial charge on any atom is 0.235 e. The summed E-state index contributed by atoms with van der Waals surface area (Å²) < 4.78 is 4.75. The number of benzene rings is 10. The zero-order chi connectivity index (χ0) is 40.5. The van der Waals surface area contributed by atoms with E-state index in [1.165, 1.54) is 92.0 Å². The molecule has 3 aromatic heterocycles. The number of nitrogens with zero attached hydrogens (tertiary/aromatic N) is 4. The highest BCUT2D eigenvalue weighted by molar-refractivity contribution is 6.26. The molecule has 0 atom stereocenters. The van der Waals surface area contributed by atoms with Crippen molar-refractivity contribution in [1.29, 1.82) is 0 Å². The topological polar surface area (TPSA) is 35.6 Å². The van der Waals surface area contributed by atoms with E-state index in [9.17, 15) is 0 Å². The van der Waals surface area contributed by atoms with E-state index in [1.54, 1.807) is 0 Å². The Kier molecular flexibility index (Phi) is 6.92. The lowest BCUT2D eigenvalue weighted by Crippen LogP contribution is -2.09. The fourth-order valence-electron chi connectivity index (χ4n) is 10.7. The quantitative estimate of drug-likeness (QED) is 0.167. The molecule has 0 unspecified atom stereocenters. The highest BCUT2D eigenvalue weighted by Gasteiger charge is 2.23. The SMILES string of the molecule is C1=Cc2nc(-n3c4cc(-n5c6ccccc6c6cc7ccccc7cc65)ccc4c4cc5ccccc5cc43)nc(-c3ccc4c5ccccc5c5ccccc5c4c3)c2CC1. The van der Waals surface area contributed by atoms with Crippen LogP contribution in [-0.2, 0) is 6.42 Å². The summed E-state index contributed by atoms with van der Waals surface area (Å²) in [4.78, 5) is 11.1. The van der Waals surface area contributed by atoms with Gasteiger partial charge in [0.05, 0.1) is 33.5 Å². The van der Waals surface area contributed by atoms with Crippen LogP contribution >= 0.6 is 0 Å². The van der Waals surface area contributed by atoms with Gasteiger partial charge in [-0.25, -0.2) is 9.97 Å². The molecule has 4 nitrogen and oxygen atoms in total. The molecule has 1 aliphatic carbocycles. The number of allylic oxidation sites excluding steroid dienone is 1. The van der Waals surface area contributed by atoms with Crippen LogP contribution in [0.4, 0.5) is 0 Å². The predicted octanol–water partition coefficient (Wildman–Crippen LogP) is 15.1. The van der Waals surface area contributed by atoms with Gasteiger partial charge in [0.25, 0.3) is 0 Å². The van der Waals surface area contributed by atoms with E-state index in [0.717, 1.165) is 46.5 Å². The van der Waals surface area contributed by atoms with Crippen LogP contribution in [0.2, 0.25) is 0 Å². The lowest BCUT2D eigenvalue weighted by atomic mass is 9.91. The van der Waals surface area contributed by atoms with Crippen molar-refractivity contribution in [3.8, 4) is 22.9 Å². The molecular formula is C58H36N4. The minimum Gasteiger partial charge on any atom is -0.309 e. The van der Waals surface area contributed by atoms with Crippen molar-refractivity contribution in [1.82, 2.24) is 19.1 Å². The van der Waals surface area contributed by atoms with Crippen LogP contribution in [0.5, 0.6) is 0 Å². The Hall–Kier alpha value is -8.08. The van der Waals surface area contributed by atoms with E-state index in [2.05, 4.69) is 203 Å². The first-order valence-electron chi connectivity index (χ1n) is 21.5. The summed E-state index contributed by atoms with van der Waals surface area (Å²) in [6.07, 6.45) is 6.31. The third-order valence-electron chi connectivity index (χ3n) is 13.5. The molecule has 0 amide bonds. The second-order valence-corrected chi connectivity index (χ2v) is 16.9. The molecule has 4 heteroatoms. The highest BCUT2D eigenvalue weighted by Crippen LogP contribution is 2.42. The monoisotopic (exact) mass is 788 g/mol. The third-order valence-corrected chi connectivity index (χ3v) is 13.5. The van der Waals surface area contributed by atoms with Gasteiger partial charge in [-0.1, -0.05) is 140 Å². The molecule has 0 radical (unpaired) electrons. The minimum absolute atomic E-state index is 0.675. The van der Waals surface area contributed by atoms with Gasteiger partial charge in [0.15, 0.2) is 0 Å². The van der Waals surface area contributed by atoms with Crippen molar-refractivity contribution in [3.63, 3.8) is 0 Å². The number of fused-ring (bicyclic) bond motifs is 15. The van der Waals surface area contributed by atoms with E-state index in [-0.39, 0.29) is 0 Å². The van der Waals surface area contributed by atoms with E-state index in [0.29, 0.717) is 5.95 Å². The Morgan fingerprint density at radius 1 is 0.371 bits per heavy atom. The van der Waals surface area contributed by atoms with Gasteiger partial charge in [-0.3, -0.25) is 4.57 Å². The normalized spacial score (nSPS) is 13.0. The predicted molar refractivity (Wildman–Crippen MR) is 261 cm³/mol. The van der Waals surface area contributed by atoms with Crippen LogP contribution in [0.1, 0.15) is 17.7 Å². The molecule has 0 bridgehead atoms. The Bertz CT molecular complexity index is 4070. The molecule has 0 saturated heterocycles. The summed E-state index contributed by atoms with van der Waals surface area (Å²) in [5, 5.41) is 17.3. The maximum atomic E-state index is 5.67. The van der Waals surface area contributed by atoms with Gasteiger partial charge in [-0.15, -0.1) is 0 Å². The molecule has 13 aromatic rings. The van der Waals surface area contributed by atoms with Crippen molar-refractivity contribution in [2.24, 2.45) is 0 Å². The fraction of sp³-hybridized carbons (Fsp3) is 0.0345. The Morgan fingerprint density at radius 2 is 0.887 bits per heavy atom. The average molecular weight is 789 g/mol. The lowest BCUT2D eigenvalue weighted by molar-refractivity contribution is 0.910. The van der Waals surface area contributed by atoms with Crippen LogP contribution in [0.3, 0.4) is 0 Å². The summed E-state index contributed by atoms with van der Waals surface area (Å²) >= 11 is 0. The number of para-hydroxylation sites is 1. The van der Waals surface area contributed by atoms with Gasteiger partial charge < -0.3 is 4.57 Å². The van der Waals surface area contributed by atoms with Crippen molar-refractivity contribution in [2.45, 2.75) is 12.8 Å². The molecule has 288 valence electrons. The van der Waals surface area contributed by atoms with Gasteiger partial charge in [-0.2, -0.15) is 0 Å². The fourth-order valence-corrected chi connectivity index (χ4v) is 10.7. The number of hydrogen-bond donors (Lipinski definition) is 0. The first-order chi connectivity index (χ1) is 30.7. The largest absolute Gasteiger partial charge is 0.309 e. The van der Waals surface area contributed by atoms with Crippen LogP contribution in [-0.4, -0.2) is 19.1 Å². The maximum absolute atomic E-state index is 5.67. The molecule has 10 aromatic carbocycles. The smallest absolute Gasteiger partial charge is 0.235 e. The first kappa shape index (κ1) is 33.7. The Morgan fingerprint density at radius 3 is 1.56 bits per heavy atom. The summed E-state index contributed by atoms with van der Waals surface area (Å²) in [5.41, 5.74) is 9.91. The first-order valence-corrected chi connectivity index (χ1v) is 21.5. The Balaban J connectivity index is 1.06. The molecule has 3 heterocycles. The van der Waals surface area contributed by atoms with Crippen molar-refractivity contribution < 1.29 is 0 Å². The summed E-state index contributed by atoms with van der Waals surface area (Å²) in [7, 11) is 0. The number of hydrogen-bond acceptors (Lipinski definition) is 2. The second-order valence-electron chi connectivity index (χ2n) is 16.9. The second kappa shape index (κ2) is 12.7. The van der Waals surface area contributed by atoms with Gasteiger partial charge in [0, 0.05) is 38.4 Å². The summed E-state index contributed by atoms with van der Waals surface area (Å²) in [6, 6.07) is 66.9. The molecule has 0 fully saturated rings. The molecule has 0 N–H and O–H groups in total. The zero-order valence-corrected chi connectivity index (χ0v) is 33.7. The van der Waals surface area contributed by atoms with Gasteiger partial charge in [-0.05, 0) is 121 Å². The van der Waals surface area contributed by atoms with E-state index >= 15 is 0 Å². The van der Waals surface area contributed by atoms with Crippen LogP contribution in [0, 0.1) is 0 Å². The van der Waals surface area contributed by atoms with Crippen LogP contribution in [0.25, 0.3) is 126 Å². The molecule has 62 heavy (non-hydrogen) atoms. The van der Waals surface area contributed by atoms with Gasteiger partial charge in [0.1, 0.15) is 0 Å². The minimum atomic E-state index is 0.675. The van der Waals surface area contributed by atoms with Crippen LogP contribution < -0.4 is 0 Å². The molecule has 0 spiro atoms. The summed E-state index contributed by atoms with van der Waals surface area (Å²) in [5.74, 6) is 0.675. The van der Waals surface area contributed by atoms with Gasteiger partial charge >= 0.3 is 0 Å². The highest BCUT2D eigenvalue weighted by atomic mass is 15.2. The van der Waals surface area contributed by atoms with Crippen LogP contribution in [0.15, 0.2) is 188 Å². The van der Waals surface area contributed by atoms with Gasteiger partial charge in [0.2, 0.25) is 5.95 Å². The van der Waals surface area contributed by atoms with E-state index in [1.807, 2.05) is 0 Å². The molecule has 14 rings (SSSR count). The standard InChI is InChI=1S/C58H36N4/c1-3-15-37-32-54-50(29-35(37)13-1)46-21-10-12-24-53(46)61(54)40-26-28-47-51-30-36-14-2-4-16-38(36)33-55(51)62(56(47)34-40)58-59-52-23-11-9-22-48(52)57(60-58)39-25-27-45-43-19-6-5-17-41(43)42-18-7-8-20-44(42)49(45)31-39/h1-8,10-21,23-34H,9,22H2. The van der Waals surface area contributed by atoms with E-state index < -0.39 is 0 Å². The molecule has 1 aliphatic rings. The molecule has 0 aliphatic heterocycles. The lowest BCUT2D eigenvalue weighted by Gasteiger charge is -2.18. The number of rotatable bonds is 3. The molecule has 0 saturated carbocycles. The van der Waals surface area contributed by atoms with Crippen molar-refractivity contribution in [3.05, 3.63) is 199 Å². The third kappa shape index (κ3) is 4.77. The Labute approximate surface area is 356 Å². The van der Waals surface area contributed by atoms with Crippen molar-refractivity contribution in [2.75, 3.05) is 0 Å². The van der Waals surface area contributed by atoms with E-state index in [4.69, 9.17) is 9.97 Å². The van der Waals surface area contributed by atoms with Crippen molar-refractivity contribution >= 4 is 104 Å². The average Bonchev–Trinajstić information content (AvgIpc) is 3.83. The molecular weight excluding hydrogens is 753 g/mol. The summed E-state index contributed by atoms with van der Waals surface area (Å²) in [6.45, 7) is 0. The number of aromatic nitrogens is 4. The zero-order valence-electron chi connectivity index (χ0n) is 33.7.